The number of nitrogens with zero attached hydrogens (tertiary/aromatic N) is 2. The van der Waals surface area contributed by atoms with Gasteiger partial charge in [-0.15, -0.1) is 0 Å². The van der Waals surface area contributed by atoms with E-state index in [0.717, 1.165) is 17.9 Å². The highest BCUT2D eigenvalue weighted by Crippen LogP contribution is 2.26. The quantitative estimate of drug-likeness (QED) is 0.839. The van der Waals surface area contributed by atoms with Gasteiger partial charge in [0.1, 0.15) is 0 Å². The van der Waals surface area contributed by atoms with Crippen molar-refractivity contribution in [3.8, 4) is 0 Å². The lowest BCUT2D eigenvalue weighted by atomic mass is 9.88. The van der Waals surface area contributed by atoms with Gasteiger partial charge in [0.05, 0.1) is 0 Å². The van der Waals surface area contributed by atoms with Crippen LogP contribution in [-0.4, -0.2) is 61.7 Å². The Morgan fingerprint density at radius 1 is 1.00 bits per heavy atom. The van der Waals surface area contributed by atoms with Crippen LogP contribution in [0.4, 0.5) is 0 Å². The Labute approximate surface area is 118 Å². The van der Waals surface area contributed by atoms with E-state index < -0.39 is 0 Å². The monoisotopic (exact) mass is 265 g/mol. The van der Waals surface area contributed by atoms with Gasteiger partial charge in [0.25, 0.3) is 0 Å². The van der Waals surface area contributed by atoms with Gasteiger partial charge in [-0.05, 0) is 76.7 Å². The lowest BCUT2D eigenvalue weighted by molar-refractivity contribution is 0.0648. The van der Waals surface area contributed by atoms with Crippen LogP contribution in [0.25, 0.3) is 0 Å². The molecule has 2 atom stereocenters. The van der Waals surface area contributed by atoms with E-state index in [-0.39, 0.29) is 0 Å². The first-order valence-electron chi connectivity index (χ1n) is 8.50. The van der Waals surface area contributed by atoms with Crippen LogP contribution >= 0.6 is 0 Å². The van der Waals surface area contributed by atoms with Crippen molar-refractivity contribution in [1.29, 1.82) is 0 Å². The molecular formula is C16H31N3. The van der Waals surface area contributed by atoms with Gasteiger partial charge in [0.2, 0.25) is 0 Å². The Hall–Kier alpha value is -0.120. The van der Waals surface area contributed by atoms with Gasteiger partial charge in [0.15, 0.2) is 0 Å². The molecule has 0 aromatic rings. The van der Waals surface area contributed by atoms with Crippen LogP contribution in [0, 0.1) is 11.8 Å². The lowest BCUT2D eigenvalue weighted by Crippen LogP contribution is -2.55. The molecule has 19 heavy (non-hydrogen) atoms. The minimum atomic E-state index is 0.807. The maximum Gasteiger partial charge on any atom is 0.0261 e. The van der Waals surface area contributed by atoms with Gasteiger partial charge in [-0.3, -0.25) is 4.90 Å². The number of rotatable bonds is 3. The highest BCUT2D eigenvalue weighted by atomic mass is 15.2. The normalized spacial score (nSPS) is 35.8. The summed E-state index contributed by atoms with van der Waals surface area (Å²) in [7, 11) is 0. The summed E-state index contributed by atoms with van der Waals surface area (Å²) in [6.45, 7) is 11.6. The summed E-state index contributed by atoms with van der Waals surface area (Å²) < 4.78 is 0. The van der Waals surface area contributed by atoms with Gasteiger partial charge in [-0.25, -0.2) is 0 Å². The minimum absolute atomic E-state index is 0.807. The maximum absolute atomic E-state index is 3.64. The van der Waals surface area contributed by atoms with Crippen molar-refractivity contribution in [2.45, 2.75) is 45.1 Å². The topological polar surface area (TPSA) is 18.5 Å². The first kappa shape index (κ1) is 13.8. The zero-order chi connectivity index (χ0) is 13.1. The fourth-order valence-electron chi connectivity index (χ4n) is 4.19. The molecule has 0 bridgehead atoms. The predicted molar refractivity (Wildman–Crippen MR) is 80.4 cm³/mol. The van der Waals surface area contributed by atoms with E-state index in [1.54, 1.807) is 0 Å². The Morgan fingerprint density at radius 3 is 2.47 bits per heavy atom. The molecule has 0 aromatic heterocycles. The van der Waals surface area contributed by atoms with Crippen molar-refractivity contribution in [1.82, 2.24) is 15.1 Å². The van der Waals surface area contributed by atoms with Crippen molar-refractivity contribution in [2.24, 2.45) is 11.8 Å². The van der Waals surface area contributed by atoms with Crippen LogP contribution < -0.4 is 5.32 Å². The third-order valence-electron chi connectivity index (χ3n) is 5.57. The second kappa shape index (κ2) is 6.55. The molecule has 110 valence electrons. The van der Waals surface area contributed by atoms with E-state index >= 15 is 0 Å². The van der Waals surface area contributed by atoms with Gasteiger partial charge in [-0.1, -0.05) is 6.92 Å². The zero-order valence-corrected chi connectivity index (χ0v) is 12.6. The van der Waals surface area contributed by atoms with Crippen molar-refractivity contribution < 1.29 is 0 Å². The van der Waals surface area contributed by atoms with E-state index in [9.17, 15) is 0 Å². The maximum atomic E-state index is 3.64. The van der Waals surface area contributed by atoms with E-state index in [4.69, 9.17) is 0 Å². The van der Waals surface area contributed by atoms with E-state index in [2.05, 4.69) is 22.0 Å². The summed E-state index contributed by atoms with van der Waals surface area (Å²) in [5, 5.41) is 3.64. The molecule has 3 saturated heterocycles. The highest BCUT2D eigenvalue weighted by Gasteiger charge is 2.33. The number of hydrogen-bond acceptors (Lipinski definition) is 3. The average Bonchev–Trinajstić information content (AvgIpc) is 2.93. The van der Waals surface area contributed by atoms with Crippen molar-refractivity contribution in [3.63, 3.8) is 0 Å². The molecule has 3 fully saturated rings. The number of likely N-dealkylation sites (tertiary alicyclic amines) is 2. The first-order valence-corrected chi connectivity index (χ1v) is 8.50. The smallest absolute Gasteiger partial charge is 0.0261 e. The van der Waals surface area contributed by atoms with Gasteiger partial charge in [-0.2, -0.15) is 0 Å². The molecule has 3 heterocycles. The molecule has 0 aromatic carbocycles. The van der Waals surface area contributed by atoms with Crippen molar-refractivity contribution in [2.75, 3.05) is 45.8 Å². The SMILES string of the molecule is CC1CCN(C2CNCCC2CN2CCCC2)CC1. The largest absolute Gasteiger partial charge is 0.315 e. The van der Waals surface area contributed by atoms with Gasteiger partial charge in [0, 0.05) is 19.1 Å². The van der Waals surface area contributed by atoms with Crippen LogP contribution in [-0.2, 0) is 0 Å². The Bertz CT molecular complexity index is 267. The molecule has 3 nitrogen and oxygen atoms in total. The molecule has 3 heteroatoms. The molecule has 1 N–H and O–H groups in total. The second-order valence-corrected chi connectivity index (χ2v) is 7.05. The molecular weight excluding hydrogens is 234 g/mol. The average molecular weight is 265 g/mol. The summed E-state index contributed by atoms with van der Waals surface area (Å²) in [5.41, 5.74) is 0. The number of hydrogen-bond donors (Lipinski definition) is 1. The van der Waals surface area contributed by atoms with Crippen LogP contribution in [0.2, 0.25) is 0 Å². The Morgan fingerprint density at radius 2 is 1.74 bits per heavy atom. The minimum Gasteiger partial charge on any atom is -0.315 e. The zero-order valence-electron chi connectivity index (χ0n) is 12.6. The highest BCUT2D eigenvalue weighted by molar-refractivity contribution is 4.89. The number of nitrogens with one attached hydrogen (secondary N) is 1. The molecule has 0 radical (unpaired) electrons. The summed E-state index contributed by atoms with van der Waals surface area (Å²) in [5.74, 6) is 1.86. The van der Waals surface area contributed by atoms with E-state index in [1.165, 1.54) is 77.9 Å². The van der Waals surface area contributed by atoms with Crippen LogP contribution in [0.15, 0.2) is 0 Å². The Kier molecular flexibility index (Phi) is 4.78. The number of piperidine rings is 2. The molecule has 0 aliphatic carbocycles. The van der Waals surface area contributed by atoms with E-state index in [1.807, 2.05) is 0 Å². The van der Waals surface area contributed by atoms with Crippen LogP contribution in [0.3, 0.4) is 0 Å². The molecule has 3 aliphatic rings. The summed E-state index contributed by atoms with van der Waals surface area (Å²) in [6, 6.07) is 0.807. The Balaban J connectivity index is 1.56. The molecule has 0 amide bonds. The van der Waals surface area contributed by atoms with Crippen molar-refractivity contribution in [3.05, 3.63) is 0 Å². The summed E-state index contributed by atoms with van der Waals surface area (Å²) in [6.07, 6.45) is 7.06. The first-order chi connectivity index (χ1) is 9.33. The fraction of sp³-hybridized carbons (Fsp3) is 1.00. The molecule has 3 aliphatic heterocycles. The third-order valence-corrected chi connectivity index (χ3v) is 5.57. The molecule has 0 spiro atoms. The van der Waals surface area contributed by atoms with Crippen molar-refractivity contribution >= 4 is 0 Å². The third kappa shape index (κ3) is 3.50. The summed E-state index contributed by atoms with van der Waals surface area (Å²) >= 11 is 0. The molecule has 3 rings (SSSR count). The molecule has 0 saturated carbocycles. The predicted octanol–water partition coefficient (Wildman–Crippen LogP) is 1.79. The van der Waals surface area contributed by atoms with Gasteiger partial charge >= 0.3 is 0 Å². The lowest BCUT2D eigenvalue weighted by Gasteiger charge is -2.44. The molecule has 2 unspecified atom stereocenters. The van der Waals surface area contributed by atoms with Gasteiger partial charge < -0.3 is 10.2 Å². The van der Waals surface area contributed by atoms with Crippen LogP contribution in [0.5, 0.6) is 0 Å². The second-order valence-electron chi connectivity index (χ2n) is 7.05. The van der Waals surface area contributed by atoms with Crippen LogP contribution in [0.1, 0.15) is 39.0 Å². The summed E-state index contributed by atoms with van der Waals surface area (Å²) in [4.78, 5) is 5.52. The fourth-order valence-corrected chi connectivity index (χ4v) is 4.19. The standard InChI is InChI=1S/C16H31N3/c1-14-5-10-19(11-6-14)16-12-17-7-4-15(16)13-18-8-2-3-9-18/h14-17H,2-13H2,1H3. The van der Waals surface area contributed by atoms with E-state index in [0.29, 0.717) is 0 Å².